The standard InChI is InChI=1S/C12H20N4/c1-10(12-9-13-5-6-14-12)15-11-3-7-16(2)8-4-11/h5-6,9-11,15H,3-4,7-8H2,1-2H3. The molecule has 0 amide bonds. The Kier molecular flexibility index (Phi) is 3.85. The van der Waals surface area contributed by atoms with Crippen LogP contribution in [-0.2, 0) is 0 Å². The molecule has 1 aliphatic heterocycles. The molecule has 88 valence electrons. The summed E-state index contributed by atoms with van der Waals surface area (Å²) in [6, 6.07) is 0.912. The van der Waals surface area contributed by atoms with Crippen LogP contribution in [0.4, 0.5) is 0 Å². The predicted molar refractivity (Wildman–Crippen MR) is 64.1 cm³/mol. The summed E-state index contributed by atoms with van der Waals surface area (Å²) in [6.45, 7) is 4.53. The summed E-state index contributed by atoms with van der Waals surface area (Å²) in [5.74, 6) is 0. The lowest BCUT2D eigenvalue weighted by atomic mass is 10.0. The van der Waals surface area contributed by atoms with Crippen LogP contribution in [0.3, 0.4) is 0 Å². The van der Waals surface area contributed by atoms with Gasteiger partial charge in [-0.25, -0.2) is 0 Å². The molecule has 2 heterocycles. The summed E-state index contributed by atoms with van der Waals surface area (Å²) in [5, 5.41) is 3.63. The molecule has 0 radical (unpaired) electrons. The fraction of sp³-hybridized carbons (Fsp3) is 0.667. The molecule has 1 aromatic heterocycles. The minimum atomic E-state index is 0.294. The van der Waals surface area contributed by atoms with E-state index in [-0.39, 0.29) is 0 Å². The zero-order valence-corrected chi connectivity index (χ0v) is 10.1. The second-order valence-corrected chi connectivity index (χ2v) is 4.60. The van der Waals surface area contributed by atoms with Gasteiger partial charge in [-0.3, -0.25) is 9.97 Å². The first-order valence-corrected chi connectivity index (χ1v) is 5.96. The molecule has 1 unspecified atom stereocenters. The van der Waals surface area contributed by atoms with Gasteiger partial charge < -0.3 is 10.2 Å². The van der Waals surface area contributed by atoms with E-state index in [0.717, 1.165) is 5.69 Å². The van der Waals surface area contributed by atoms with Gasteiger partial charge in [-0.15, -0.1) is 0 Å². The van der Waals surface area contributed by atoms with Gasteiger partial charge in [0.15, 0.2) is 0 Å². The summed E-state index contributed by atoms with van der Waals surface area (Å²) < 4.78 is 0. The van der Waals surface area contributed by atoms with E-state index in [1.54, 1.807) is 12.4 Å². The van der Waals surface area contributed by atoms with Crippen LogP contribution in [-0.4, -0.2) is 41.0 Å². The van der Waals surface area contributed by atoms with Crippen LogP contribution in [0.1, 0.15) is 31.5 Å². The Balaban J connectivity index is 1.86. The van der Waals surface area contributed by atoms with Crippen molar-refractivity contribution in [1.29, 1.82) is 0 Å². The number of hydrogen-bond donors (Lipinski definition) is 1. The van der Waals surface area contributed by atoms with Crippen molar-refractivity contribution >= 4 is 0 Å². The number of nitrogens with one attached hydrogen (secondary N) is 1. The lowest BCUT2D eigenvalue weighted by Gasteiger charge is -2.31. The highest BCUT2D eigenvalue weighted by Gasteiger charge is 2.19. The van der Waals surface area contributed by atoms with Gasteiger partial charge in [0.25, 0.3) is 0 Å². The lowest BCUT2D eigenvalue weighted by Crippen LogP contribution is -2.41. The smallest absolute Gasteiger partial charge is 0.0753 e. The summed E-state index contributed by atoms with van der Waals surface area (Å²) in [6.07, 6.45) is 7.75. The molecule has 0 aliphatic carbocycles. The molecule has 2 rings (SSSR count). The Morgan fingerprint density at radius 1 is 1.38 bits per heavy atom. The van der Waals surface area contributed by atoms with E-state index < -0.39 is 0 Å². The number of rotatable bonds is 3. The maximum absolute atomic E-state index is 4.32. The largest absolute Gasteiger partial charge is 0.306 e. The summed E-state index contributed by atoms with van der Waals surface area (Å²) in [4.78, 5) is 10.8. The molecule has 1 atom stereocenters. The number of hydrogen-bond acceptors (Lipinski definition) is 4. The van der Waals surface area contributed by atoms with E-state index in [9.17, 15) is 0 Å². The molecular formula is C12H20N4. The predicted octanol–water partition coefficient (Wildman–Crippen LogP) is 1.22. The second kappa shape index (κ2) is 5.37. The first kappa shape index (κ1) is 11.5. The van der Waals surface area contributed by atoms with Crippen LogP contribution in [0.15, 0.2) is 18.6 Å². The van der Waals surface area contributed by atoms with Crippen LogP contribution in [0.2, 0.25) is 0 Å². The maximum atomic E-state index is 4.32. The van der Waals surface area contributed by atoms with Gasteiger partial charge in [-0.05, 0) is 39.9 Å². The van der Waals surface area contributed by atoms with Gasteiger partial charge in [-0.2, -0.15) is 0 Å². The zero-order valence-electron chi connectivity index (χ0n) is 10.1. The van der Waals surface area contributed by atoms with Gasteiger partial charge in [0.1, 0.15) is 0 Å². The molecule has 16 heavy (non-hydrogen) atoms. The molecule has 1 N–H and O–H groups in total. The second-order valence-electron chi connectivity index (χ2n) is 4.60. The van der Waals surface area contributed by atoms with Gasteiger partial charge >= 0.3 is 0 Å². The SMILES string of the molecule is CC(NC1CCN(C)CC1)c1cnccn1. The molecule has 1 saturated heterocycles. The number of nitrogens with zero attached hydrogens (tertiary/aromatic N) is 3. The van der Waals surface area contributed by atoms with Crippen molar-refractivity contribution in [3.8, 4) is 0 Å². The average Bonchev–Trinajstić information content (AvgIpc) is 2.33. The third kappa shape index (κ3) is 3.00. The van der Waals surface area contributed by atoms with Gasteiger partial charge in [0.2, 0.25) is 0 Å². The Hall–Kier alpha value is -1.00. The quantitative estimate of drug-likeness (QED) is 0.831. The fourth-order valence-electron chi connectivity index (χ4n) is 2.15. The van der Waals surface area contributed by atoms with Gasteiger partial charge in [0, 0.05) is 30.7 Å². The van der Waals surface area contributed by atoms with E-state index >= 15 is 0 Å². The van der Waals surface area contributed by atoms with Crippen LogP contribution < -0.4 is 5.32 Å². The molecule has 1 aliphatic rings. The zero-order chi connectivity index (χ0) is 11.4. The van der Waals surface area contributed by atoms with E-state index in [0.29, 0.717) is 12.1 Å². The van der Waals surface area contributed by atoms with Crippen molar-refractivity contribution in [3.63, 3.8) is 0 Å². The van der Waals surface area contributed by atoms with Crippen molar-refractivity contribution in [3.05, 3.63) is 24.3 Å². The molecule has 1 aromatic rings. The first-order valence-electron chi connectivity index (χ1n) is 5.96. The molecule has 0 saturated carbocycles. The molecule has 1 fully saturated rings. The minimum absolute atomic E-state index is 0.294. The normalized spacial score (nSPS) is 20.9. The third-order valence-electron chi connectivity index (χ3n) is 3.23. The number of likely N-dealkylation sites (tertiary alicyclic amines) is 1. The molecule has 4 heteroatoms. The van der Waals surface area contributed by atoms with Gasteiger partial charge in [-0.1, -0.05) is 0 Å². The van der Waals surface area contributed by atoms with E-state index in [4.69, 9.17) is 0 Å². The van der Waals surface area contributed by atoms with Crippen LogP contribution in [0.25, 0.3) is 0 Å². The van der Waals surface area contributed by atoms with E-state index in [2.05, 4.69) is 34.2 Å². The van der Waals surface area contributed by atoms with Crippen LogP contribution in [0, 0.1) is 0 Å². The summed E-state index contributed by atoms with van der Waals surface area (Å²) >= 11 is 0. The summed E-state index contributed by atoms with van der Waals surface area (Å²) in [7, 11) is 2.18. The minimum Gasteiger partial charge on any atom is -0.306 e. The molecule has 0 spiro atoms. The molecule has 0 bridgehead atoms. The van der Waals surface area contributed by atoms with Crippen molar-refractivity contribution in [2.24, 2.45) is 0 Å². The topological polar surface area (TPSA) is 41.0 Å². The van der Waals surface area contributed by atoms with Crippen LogP contribution >= 0.6 is 0 Å². The van der Waals surface area contributed by atoms with E-state index in [1.807, 2.05) is 6.20 Å². The highest BCUT2D eigenvalue weighted by Crippen LogP contribution is 2.14. The Morgan fingerprint density at radius 3 is 2.75 bits per heavy atom. The van der Waals surface area contributed by atoms with Crippen molar-refractivity contribution in [2.75, 3.05) is 20.1 Å². The molecular weight excluding hydrogens is 200 g/mol. The third-order valence-corrected chi connectivity index (χ3v) is 3.23. The Bertz CT molecular complexity index is 306. The molecule has 0 aromatic carbocycles. The van der Waals surface area contributed by atoms with E-state index in [1.165, 1.54) is 25.9 Å². The fourth-order valence-corrected chi connectivity index (χ4v) is 2.15. The Morgan fingerprint density at radius 2 is 2.12 bits per heavy atom. The first-order chi connectivity index (χ1) is 7.75. The summed E-state index contributed by atoms with van der Waals surface area (Å²) in [5.41, 5.74) is 1.03. The lowest BCUT2D eigenvalue weighted by molar-refractivity contribution is 0.226. The average molecular weight is 220 g/mol. The van der Waals surface area contributed by atoms with Crippen molar-refractivity contribution < 1.29 is 0 Å². The molecule has 4 nitrogen and oxygen atoms in total. The van der Waals surface area contributed by atoms with Crippen molar-refractivity contribution in [1.82, 2.24) is 20.2 Å². The Labute approximate surface area is 97.1 Å². The number of piperidine rings is 1. The van der Waals surface area contributed by atoms with Crippen molar-refractivity contribution in [2.45, 2.75) is 31.8 Å². The van der Waals surface area contributed by atoms with Gasteiger partial charge in [0.05, 0.1) is 5.69 Å². The highest BCUT2D eigenvalue weighted by molar-refractivity contribution is 5.01. The highest BCUT2D eigenvalue weighted by atomic mass is 15.1. The monoisotopic (exact) mass is 220 g/mol. The number of aromatic nitrogens is 2. The van der Waals surface area contributed by atoms with Crippen LogP contribution in [0.5, 0.6) is 0 Å². The maximum Gasteiger partial charge on any atom is 0.0753 e.